The first kappa shape index (κ1) is 15.8. The minimum absolute atomic E-state index is 0.0931. The van der Waals surface area contributed by atoms with Gasteiger partial charge in [-0.15, -0.1) is 0 Å². The minimum Gasteiger partial charge on any atom is -0.493 e. The van der Waals surface area contributed by atoms with E-state index in [1.807, 2.05) is 0 Å². The Morgan fingerprint density at radius 1 is 1.23 bits per heavy atom. The predicted octanol–water partition coefficient (Wildman–Crippen LogP) is 1.36. The Morgan fingerprint density at radius 2 is 1.95 bits per heavy atom. The third-order valence-corrected chi connectivity index (χ3v) is 3.26. The Bertz CT molecular complexity index is 612. The second-order valence-corrected chi connectivity index (χ2v) is 4.73. The van der Waals surface area contributed by atoms with Gasteiger partial charge in [-0.05, 0) is 17.7 Å². The van der Waals surface area contributed by atoms with Crippen molar-refractivity contribution in [2.24, 2.45) is 5.10 Å². The number of carbonyl (C=O) groups is 2. The van der Waals surface area contributed by atoms with E-state index in [1.165, 1.54) is 14.2 Å². The largest absolute Gasteiger partial charge is 0.493 e. The van der Waals surface area contributed by atoms with Gasteiger partial charge in [0.05, 0.1) is 14.2 Å². The van der Waals surface area contributed by atoms with Crippen molar-refractivity contribution in [3.63, 3.8) is 0 Å². The molecule has 0 N–H and O–H groups in total. The van der Waals surface area contributed by atoms with E-state index in [4.69, 9.17) is 14.2 Å². The van der Waals surface area contributed by atoms with Crippen LogP contribution < -0.4 is 9.47 Å². The molecule has 118 valence electrons. The number of amides is 1. The molecule has 1 aliphatic rings. The lowest BCUT2D eigenvalue weighted by Crippen LogP contribution is -2.32. The maximum absolute atomic E-state index is 12.0. The summed E-state index contributed by atoms with van der Waals surface area (Å²) in [6.07, 6.45) is 0.564. The molecule has 0 saturated heterocycles. The Kier molecular flexibility index (Phi) is 4.98. The molecule has 0 atom stereocenters. The van der Waals surface area contributed by atoms with Crippen molar-refractivity contribution < 1.29 is 23.8 Å². The highest BCUT2D eigenvalue weighted by atomic mass is 16.5. The maximum atomic E-state index is 12.0. The summed E-state index contributed by atoms with van der Waals surface area (Å²) in [5.74, 6) is 0.538. The molecule has 7 nitrogen and oxygen atoms in total. The standard InChI is InChI=1S/C15H18N2O5/c1-17-14(18)7-5-11(16-17)15(19)22-9-10-4-6-12(20-2)13(8-10)21-3/h4,6,8H,5,7,9H2,1-3H3. The normalized spacial score (nSPS) is 14.4. The summed E-state index contributed by atoms with van der Waals surface area (Å²) in [5.41, 5.74) is 1.02. The number of hydrogen-bond donors (Lipinski definition) is 0. The molecule has 0 radical (unpaired) electrons. The van der Waals surface area contributed by atoms with Crippen LogP contribution in [0.3, 0.4) is 0 Å². The quantitative estimate of drug-likeness (QED) is 0.768. The molecular weight excluding hydrogens is 288 g/mol. The van der Waals surface area contributed by atoms with Crippen molar-refractivity contribution in [2.75, 3.05) is 21.3 Å². The van der Waals surface area contributed by atoms with Gasteiger partial charge in [0.1, 0.15) is 12.3 Å². The van der Waals surface area contributed by atoms with Crippen LogP contribution in [0.2, 0.25) is 0 Å². The summed E-state index contributed by atoms with van der Waals surface area (Å²) in [7, 11) is 4.61. The van der Waals surface area contributed by atoms with Crippen molar-refractivity contribution in [3.05, 3.63) is 23.8 Å². The van der Waals surface area contributed by atoms with E-state index in [1.54, 1.807) is 25.3 Å². The van der Waals surface area contributed by atoms with Gasteiger partial charge in [-0.2, -0.15) is 5.10 Å². The molecule has 0 saturated carbocycles. The van der Waals surface area contributed by atoms with Crippen LogP contribution >= 0.6 is 0 Å². The van der Waals surface area contributed by atoms with Gasteiger partial charge in [0.15, 0.2) is 11.5 Å². The number of hydrogen-bond acceptors (Lipinski definition) is 6. The molecule has 1 amide bonds. The fourth-order valence-electron chi connectivity index (χ4n) is 2.02. The number of nitrogens with zero attached hydrogens (tertiary/aromatic N) is 2. The van der Waals surface area contributed by atoms with Crippen molar-refractivity contribution in [1.29, 1.82) is 0 Å². The van der Waals surface area contributed by atoms with Crippen LogP contribution in [0.4, 0.5) is 0 Å². The molecule has 0 aliphatic carbocycles. The molecule has 2 rings (SSSR count). The van der Waals surface area contributed by atoms with Crippen LogP contribution in [0, 0.1) is 0 Å². The van der Waals surface area contributed by atoms with Gasteiger partial charge in [0.25, 0.3) is 0 Å². The van der Waals surface area contributed by atoms with E-state index < -0.39 is 5.97 Å². The van der Waals surface area contributed by atoms with Crippen molar-refractivity contribution in [2.45, 2.75) is 19.4 Å². The van der Waals surface area contributed by atoms with Crippen LogP contribution in [0.15, 0.2) is 23.3 Å². The summed E-state index contributed by atoms with van der Waals surface area (Å²) in [4.78, 5) is 23.3. The van der Waals surface area contributed by atoms with Gasteiger partial charge < -0.3 is 14.2 Å². The third-order valence-electron chi connectivity index (χ3n) is 3.26. The molecule has 1 aromatic carbocycles. The lowest BCUT2D eigenvalue weighted by Gasteiger charge is -2.18. The molecule has 1 aromatic rings. The average Bonchev–Trinajstić information content (AvgIpc) is 2.54. The minimum atomic E-state index is -0.519. The molecule has 0 unspecified atom stereocenters. The Balaban J connectivity index is 1.99. The number of benzene rings is 1. The zero-order chi connectivity index (χ0) is 16.1. The number of rotatable bonds is 5. The van der Waals surface area contributed by atoms with E-state index in [0.717, 1.165) is 10.6 Å². The van der Waals surface area contributed by atoms with E-state index in [0.29, 0.717) is 17.9 Å². The topological polar surface area (TPSA) is 77.4 Å². The third kappa shape index (κ3) is 3.55. The highest BCUT2D eigenvalue weighted by Crippen LogP contribution is 2.27. The molecule has 0 spiro atoms. The van der Waals surface area contributed by atoms with Crippen LogP contribution in [0.1, 0.15) is 18.4 Å². The van der Waals surface area contributed by atoms with Crippen molar-refractivity contribution >= 4 is 17.6 Å². The number of carbonyl (C=O) groups excluding carboxylic acids is 2. The molecule has 22 heavy (non-hydrogen) atoms. The van der Waals surface area contributed by atoms with Crippen molar-refractivity contribution in [3.8, 4) is 11.5 Å². The fraction of sp³-hybridized carbons (Fsp3) is 0.400. The first-order valence-electron chi connectivity index (χ1n) is 6.77. The molecule has 0 bridgehead atoms. The summed E-state index contributed by atoms with van der Waals surface area (Å²) < 4.78 is 15.6. The Labute approximate surface area is 128 Å². The second kappa shape index (κ2) is 6.93. The summed E-state index contributed by atoms with van der Waals surface area (Å²) in [6, 6.07) is 5.27. The number of ether oxygens (including phenoxy) is 3. The fourth-order valence-corrected chi connectivity index (χ4v) is 2.02. The summed E-state index contributed by atoms with van der Waals surface area (Å²) in [6.45, 7) is 0.0931. The lowest BCUT2D eigenvalue weighted by molar-refractivity contribution is -0.137. The highest BCUT2D eigenvalue weighted by molar-refractivity contribution is 6.37. The van der Waals surface area contributed by atoms with Crippen molar-refractivity contribution in [1.82, 2.24) is 5.01 Å². The number of methoxy groups -OCH3 is 2. The van der Waals surface area contributed by atoms with Gasteiger partial charge in [-0.3, -0.25) is 4.79 Å². The molecule has 7 heteroatoms. The van der Waals surface area contributed by atoms with E-state index in [2.05, 4.69) is 5.10 Å². The lowest BCUT2D eigenvalue weighted by atomic mass is 10.1. The predicted molar refractivity (Wildman–Crippen MR) is 78.8 cm³/mol. The SMILES string of the molecule is COc1ccc(COC(=O)C2=NN(C)C(=O)CC2)cc1OC. The molecule has 1 aliphatic heterocycles. The smallest absolute Gasteiger partial charge is 0.354 e. The summed E-state index contributed by atoms with van der Waals surface area (Å²) >= 11 is 0. The highest BCUT2D eigenvalue weighted by Gasteiger charge is 2.23. The van der Waals surface area contributed by atoms with Gasteiger partial charge in [0.2, 0.25) is 5.91 Å². The summed E-state index contributed by atoms with van der Waals surface area (Å²) in [5, 5.41) is 5.08. The van der Waals surface area contributed by atoms with Crippen LogP contribution in [0.25, 0.3) is 0 Å². The zero-order valence-corrected chi connectivity index (χ0v) is 12.8. The number of hydrazone groups is 1. The molecule has 0 fully saturated rings. The van der Waals surface area contributed by atoms with E-state index in [-0.39, 0.29) is 24.6 Å². The number of esters is 1. The Morgan fingerprint density at radius 3 is 2.59 bits per heavy atom. The Hall–Kier alpha value is -2.57. The van der Waals surface area contributed by atoms with Crippen LogP contribution in [0.5, 0.6) is 11.5 Å². The van der Waals surface area contributed by atoms with Crippen LogP contribution in [-0.4, -0.2) is 43.9 Å². The van der Waals surface area contributed by atoms with E-state index in [9.17, 15) is 9.59 Å². The van der Waals surface area contributed by atoms with Gasteiger partial charge in [-0.1, -0.05) is 6.07 Å². The molecule has 0 aromatic heterocycles. The van der Waals surface area contributed by atoms with Gasteiger partial charge in [-0.25, -0.2) is 9.80 Å². The van der Waals surface area contributed by atoms with Crippen LogP contribution in [-0.2, 0) is 20.9 Å². The first-order valence-corrected chi connectivity index (χ1v) is 6.77. The molecular formula is C15H18N2O5. The van der Waals surface area contributed by atoms with Gasteiger partial charge in [0, 0.05) is 19.9 Å². The molecule has 1 heterocycles. The van der Waals surface area contributed by atoms with Gasteiger partial charge >= 0.3 is 5.97 Å². The first-order chi connectivity index (χ1) is 10.5. The maximum Gasteiger partial charge on any atom is 0.354 e. The zero-order valence-electron chi connectivity index (χ0n) is 12.8. The monoisotopic (exact) mass is 306 g/mol. The van der Waals surface area contributed by atoms with E-state index >= 15 is 0 Å². The second-order valence-electron chi connectivity index (χ2n) is 4.73. The average molecular weight is 306 g/mol.